The molecule has 0 aromatic rings. The van der Waals surface area contributed by atoms with E-state index in [1.807, 2.05) is 27.7 Å². The standard InChI is InChI=1S/C10H19NO2/c1-7(2)10(4,5)9(13)6-11-8(3)12/h7H,6H2,1-5H3,(H,11,12). The Morgan fingerprint density at radius 3 is 2.08 bits per heavy atom. The predicted octanol–water partition coefficient (Wildman–Crippen LogP) is 1.37. The molecule has 0 saturated heterocycles. The van der Waals surface area contributed by atoms with Gasteiger partial charge in [-0.3, -0.25) is 9.59 Å². The van der Waals surface area contributed by atoms with Gasteiger partial charge in [0.05, 0.1) is 6.54 Å². The molecule has 1 N–H and O–H groups in total. The van der Waals surface area contributed by atoms with E-state index in [1.54, 1.807) is 0 Å². The van der Waals surface area contributed by atoms with Gasteiger partial charge in [-0.15, -0.1) is 0 Å². The second-order valence-corrected chi connectivity index (χ2v) is 4.21. The van der Waals surface area contributed by atoms with Crippen LogP contribution in [-0.4, -0.2) is 18.2 Å². The van der Waals surface area contributed by atoms with Crippen LogP contribution in [0.15, 0.2) is 0 Å². The minimum Gasteiger partial charge on any atom is -0.349 e. The zero-order valence-corrected chi connectivity index (χ0v) is 9.10. The van der Waals surface area contributed by atoms with E-state index >= 15 is 0 Å². The second-order valence-electron chi connectivity index (χ2n) is 4.21. The normalized spacial score (nSPS) is 11.5. The third-order valence-electron chi connectivity index (χ3n) is 2.66. The van der Waals surface area contributed by atoms with E-state index < -0.39 is 0 Å². The molecule has 0 aliphatic carbocycles. The van der Waals surface area contributed by atoms with Crippen molar-refractivity contribution in [3.05, 3.63) is 0 Å². The molecule has 0 radical (unpaired) electrons. The van der Waals surface area contributed by atoms with Gasteiger partial charge < -0.3 is 5.32 Å². The molecule has 1 amide bonds. The molecule has 0 unspecified atom stereocenters. The molecule has 0 fully saturated rings. The Morgan fingerprint density at radius 1 is 1.31 bits per heavy atom. The van der Waals surface area contributed by atoms with Crippen LogP contribution in [0.1, 0.15) is 34.6 Å². The van der Waals surface area contributed by atoms with Gasteiger partial charge >= 0.3 is 0 Å². The first-order valence-corrected chi connectivity index (χ1v) is 4.56. The summed E-state index contributed by atoms with van der Waals surface area (Å²) in [6, 6.07) is 0. The molecular formula is C10H19NO2. The smallest absolute Gasteiger partial charge is 0.217 e. The van der Waals surface area contributed by atoms with Gasteiger partial charge in [0, 0.05) is 12.3 Å². The van der Waals surface area contributed by atoms with Crippen LogP contribution in [0.5, 0.6) is 0 Å². The number of hydrogen-bond donors (Lipinski definition) is 1. The van der Waals surface area contributed by atoms with E-state index in [0.717, 1.165) is 0 Å². The zero-order chi connectivity index (χ0) is 10.6. The predicted molar refractivity (Wildman–Crippen MR) is 52.3 cm³/mol. The van der Waals surface area contributed by atoms with Crippen LogP contribution >= 0.6 is 0 Å². The lowest BCUT2D eigenvalue weighted by Crippen LogP contribution is -2.38. The average Bonchev–Trinajstić information content (AvgIpc) is 1.99. The molecule has 13 heavy (non-hydrogen) atoms. The van der Waals surface area contributed by atoms with E-state index in [1.165, 1.54) is 6.92 Å². The molecule has 0 aliphatic rings. The van der Waals surface area contributed by atoms with Crippen LogP contribution in [0.3, 0.4) is 0 Å². The van der Waals surface area contributed by atoms with Gasteiger partial charge in [-0.1, -0.05) is 27.7 Å². The molecular weight excluding hydrogens is 166 g/mol. The summed E-state index contributed by atoms with van der Waals surface area (Å²) in [5.74, 6) is 0.208. The number of amides is 1. The third-order valence-corrected chi connectivity index (χ3v) is 2.66. The lowest BCUT2D eigenvalue weighted by Gasteiger charge is -2.27. The minimum atomic E-state index is -0.359. The highest BCUT2D eigenvalue weighted by Crippen LogP contribution is 2.26. The molecule has 0 aliphatic heterocycles. The SMILES string of the molecule is CC(=O)NCC(=O)C(C)(C)C(C)C. The van der Waals surface area contributed by atoms with Crippen molar-refractivity contribution in [2.75, 3.05) is 6.54 Å². The quantitative estimate of drug-likeness (QED) is 0.719. The molecule has 0 atom stereocenters. The first-order valence-electron chi connectivity index (χ1n) is 4.56. The summed E-state index contributed by atoms with van der Waals surface area (Å²) >= 11 is 0. The van der Waals surface area contributed by atoms with Gasteiger partial charge in [0.25, 0.3) is 0 Å². The maximum absolute atomic E-state index is 11.6. The Labute approximate surface area is 79.9 Å². The van der Waals surface area contributed by atoms with E-state index in [0.29, 0.717) is 0 Å². The minimum absolute atomic E-state index is 0.0812. The zero-order valence-electron chi connectivity index (χ0n) is 9.10. The summed E-state index contributed by atoms with van der Waals surface area (Å²) in [7, 11) is 0. The second kappa shape index (κ2) is 4.40. The molecule has 0 bridgehead atoms. The summed E-state index contributed by atoms with van der Waals surface area (Å²) in [5.41, 5.74) is -0.359. The van der Waals surface area contributed by atoms with Crippen LogP contribution in [0.4, 0.5) is 0 Å². The number of Topliss-reactive ketones (excluding diaryl/α,β-unsaturated/α-hetero) is 1. The molecule has 3 nitrogen and oxygen atoms in total. The lowest BCUT2D eigenvalue weighted by molar-refractivity contribution is -0.130. The van der Waals surface area contributed by atoms with E-state index in [2.05, 4.69) is 5.32 Å². The molecule has 0 rings (SSSR count). The number of carbonyl (C=O) groups is 2. The van der Waals surface area contributed by atoms with Gasteiger partial charge in [-0.25, -0.2) is 0 Å². The lowest BCUT2D eigenvalue weighted by atomic mass is 9.77. The van der Waals surface area contributed by atoms with E-state index in [4.69, 9.17) is 0 Å². The van der Waals surface area contributed by atoms with Gasteiger partial charge in [-0.2, -0.15) is 0 Å². The van der Waals surface area contributed by atoms with E-state index in [9.17, 15) is 9.59 Å². The van der Waals surface area contributed by atoms with Crippen LogP contribution in [0, 0.1) is 11.3 Å². The molecule has 3 heteroatoms. The first kappa shape index (κ1) is 12.1. The fraction of sp³-hybridized carbons (Fsp3) is 0.800. The van der Waals surface area contributed by atoms with Crippen LogP contribution in [-0.2, 0) is 9.59 Å². The largest absolute Gasteiger partial charge is 0.349 e. The van der Waals surface area contributed by atoms with Gasteiger partial charge in [0.1, 0.15) is 0 Å². The maximum atomic E-state index is 11.6. The van der Waals surface area contributed by atoms with Crippen LogP contribution in [0.25, 0.3) is 0 Å². The van der Waals surface area contributed by atoms with Gasteiger partial charge in [0.15, 0.2) is 5.78 Å². The Kier molecular flexibility index (Phi) is 4.11. The molecule has 0 aromatic carbocycles. The summed E-state index contributed by atoms with van der Waals surface area (Å²) < 4.78 is 0. The molecule has 0 heterocycles. The fourth-order valence-corrected chi connectivity index (χ4v) is 0.755. The highest BCUT2D eigenvalue weighted by molar-refractivity contribution is 5.89. The summed E-state index contributed by atoms with van der Waals surface area (Å²) in [5, 5.41) is 2.52. The summed E-state index contributed by atoms with van der Waals surface area (Å²) in [6.07, 6.45) is 0. The average molecular weight is 185 g/mol. The monoisotopic (exact) mass is 185 g/mol. The van der Waals surface area contributed by atoms with Crippen molar-refractivity contribution in [3.8, 4) is 0 Å². The Balaban J connectivity index is 4.18. The maximum Gasteiger partial charge on any atom is 0.217 e. The van der Waals surface area contributed by atoms with Crippen molar-refractivity contribution in [2.24, 2.45) is 11.3 Å². The Morgan fingerprint density at radius 2 is 1.77 bits per heavy atom. The highest BCUT2D eigenvalue weighted by atomic mass is 16.2. The van der Waals surface area contributed by atoms with Crippen molar-refractivity contribution >= 4 is 11.7 Å². The fourth-order valence-electron chi connectivity index (χ4n) is 0.755. The Hall–Kier alpha value is -0.860. The first-order chi connectivity index (χ1) is 5.78. The van der Waals surface area contributed by atoms with Crippen molar-refractivity contribution in [3.63, 3.8) is 0 Å². The number of carbonyl (C=O) groups excluding carboxylic acids is 2. The third kappa shape index (κ3) is 3.57. The topological polar surface area (TPSA) is 46.2 Å². The summed E-state index contributed by atoms with van der Waals surface area (Å²) in [4.78, 5) is 22.2. The molecule has 0 spiro atoms. The van der Waals surface area contributed by atoms with Crippen molar-refractivity contribution in [2.45, 2.75) is 34.6 Å². The van der Waals surface area contributed by atoms with Crippen molar-refractivity contribution < 1.29 is 9.59 Å². The van der Waals surface area contributed by atoms with E-state index in [-0.39, 0.29) is 29.6 Å². The number of rotatable bonds is 4. The highest BCUT2D eigenvalue weighted by Gasteiger charge is 2.30. The molecule has 0 aromatic heterocycles. The van der Waals surface area contributed by atoms with Crippen LogP contribution < -0.4 is 5.32 Å². The number of hydrogen-bond acceptors (Lipinski definition) is 2. The van der Waals surface area contributed by atoms with Crippen molar-refractivity contribution in [1.82, 2.24) is 5.32 Å². The Bertz CT molecular complexity index is 207. The number of ketones is 1. The summed E-state index contributed by atoms with van der Waals surface area (Å²) in [6.45, 7) is 9.37. The molecule has 0 saturated carbocycles. The van der Waals surface area contributed by atoms with Crippen LogP contribution in [0.2, 0.25) is 0 Å². The number of nitrogens with one attached hydrogen (secondary N) is 1. The van der Waals surface area contributed by atoms with Gasteiger partial charge in [0.2, 0.25) is 5.91 Å². The van der Waals surface area contributed by atoms with Gasteiger partial charge in [-0.05, 0) is 5.92 Å². The van der Waals surface area contributed by atoms with Crippen molar-refractivity contribution in [1.29, 1.82) is 0 Å². The molecule has 76 valence electrons.